The Hall–Kier alpha value is -8.83. The molecule has 2 aromatic carbocycles. The van der Waals surface area contributed by atoms with Gasteiger partial charge in [0.1, 0.15) is 11.5 Å². The second-order valence-corrected chi connectivity index (χ2v) is 17.0. The first kappa shape index (κ1) is 47.7. The number of nitrogens with one attached hydrogen (secondary N) is 1. The zero-order valence-corrected chi connectivity index (χ0v) is 38.6. The number of hydrogen-bond acceptors (Lipinski definition) is 20. The summed E-state index contributed by atoms with van der Waals surface area (Å²) in [6.07, 6.45) is 10.9. The molecular formula is C47H48N16O6S. The van der Waals surface area contributed by atoms with Gasteiger partial charge in [0.2, 0.25) is 39.3 Å². The number of sulfone groups is 1. The Morgan fingerprint density at radius 3 is 1.57 bits per heavy atom. The number of pyridine rings is 2. The molecule has 0 saturated carbocycles. The van der Waals surface area contributed by atoms with Crippen LogP contribution < -0.4 is 32.0 Å². The van der Waals surface area contributed by atoms with Gasteiger partial charge in [0.15, 0.2) is 11.5 Å². The lowest BCUT2D eigenvalue weighted by molar-refractivity contribution is 0.320. The predicted molar refractivity (Wildman–Crippen MR) is 259 cm³/mol. The van der Waals surface area contributed by atoms with Crippen LogP contribution in [-0.4, -0.2) is 100 Å². The number of aromatic nitrogens is 12. The molecule has 70 heavy (non-hydrogen) atoms. The molecule has 10 rings (SSSR count). The highest BCUT2D eigenvalue weighted by Crippen LogP contribution is 2.20. The molecule has 0 bridgehead atoms. The molecule has 22 nitrogen and oxygen atoms in total. The van der Waals surface area contributed by atoms with Crippen LogP contribution in [0.5, 0.6) is 11.5 Å². The number of benzene rings is 2. The molecule has 8 aromatic heterocycles. The summed E-state index contributed by atoms with van der Waals surface area (Å²) in [4.78, 5) is 33.1. The SMILES string of the molecule is CS(=O)(=O)c1nc(N)n2nc(-c3ccco3)nc2n1.NCCc1ccc(OCCc2ccccn2)cc1.Nc1nc(NCCc2ccc(OCCc3ccccn3)cc2)nc2nc(-c3ccco3)nn12. The second kappa shape index (κ2) is 22.8. The summed E-state index contributed by atoms with van der Waals surface area (Å²) < 4.78 is 47.3. The molecule has 10 aromatic rings. The van der Waals surface area contributed by atoms with E-state index in [1.54, 1.807) is 42.9 Å². The molecule has 0 aliphatic carbocycles. The Morgan fingerprint density at radius 2 is 1.10 bits per heavy atom. The van der Waals surface area contributed by atoms with Crippen molar-refractivity contribution in [2.75, 3.05) is 49.3 Å². The average molecular weight is 965 g/mol. The number of nitrogens with two attached hydrogens (primary N) is 3. The molecular weight excluding hydrogens is 917 g/mol. The maximum absolute atomic E-state index is 11.4. The number of anilines is 3. The van der Waals surface area contributed by atoms with Crippen molar-refractivity contribution in [3.63, 3.8) is 0 Å². The van der Waals surface area contributed by atoms with Gasteiger partial charge in [-0.25, -0.2) is 8.42 Å². The Balaban J connectivity index is 0.000000152. The summed E-state index contributed by atoms with van der Waals surface area (Å²) in [7, 11) is -3.57. The topological polar surface area (TPSA) is 307 Å². The highest BCUT2D eigenvalue weighted by atomic mass is 32.2. The minimum Gasteiger partial charge on any atom is -0.493 e. The lowest BCUT2D eigenvalue weighted by Crippen LogP contribution is -2.12. The van der Waals surface area contributed by atoms with E-state index in [0.717, 1.165) is 64.9 Å². The van der Waals surface area contributed by atoms with E-state index in [9.17, 15) is 8.42 Å². The first-order valence-corrected chi connectivity index (χ1v) is 23.7. The van der Waals surface area contributed by atoms with Crippen LogP contribution in [0.25, 0.3) is 34.7 Å². The van der Waals surface area contributed by atoms with Crippen molar-refractivity contribution in [1.29, 1.82) is 0 Å². The summed E-state index contributed by atoms with van der Waals surface area (Å²) in [5.41, 5.74) is 21.6. The van der Waals surface area contributed by atoms with Gasteiger partial charge in [-0.2, -0.15) is 38.9 Å². The van der Waals surface area contributed by atoms with Crippen molar-refractivity contribution < 1.29 is 26.7 Å². The molecule has 0 amide bonds. The van der Waals surface area contributed by atoms with Crippen LogP contribution in [0.3, 0.4) is 0 Å². The number of ether oxygens (including phenoxy) is 2. The number of nitrogens with zero attached hydrogens (tertiary/aromatic N) is 12. The van der Waals surface area contributed by atoms with Crippen molar-refractivity contribution in [2.45, 2.75) is 30.8 Å². The standard InChI is InChI=1S/C23H22N8O2.C15H18N2O.C9H8N6O3S/c24-21-28-22(29-23-27-20(30-31(21)23)19-5-3-14-33-19)26-13-10-16-6-8-18(9-7-16)32-15-11-17-4-1-2-12-25-17;16-10-8-13-4-6-15(7-5-13)18-12-9-14-3-1-2-11-17-14;1-19(16,17)9-12-7(10)15-8(13-9)11-6(14-15)5-3-2-4-18-5/h1-9,12,14H,10-11,13,15H2,(H3,24,26,27,28,29,30);1-7,11H,8-10,12,16H2;2-4H,1H3,(H2,10,11,12,13,14). The van der Waals surface area contributed by atoms with Crippen molar-refractivity contribution in [3.05, 3.63) is 157 Å². The van der Waals surface area contributed by atoms with Gasteiger partial charge in [0, 0.05) is 49.4 Å². The maximum Gasteiger partial charge on any atom is 0.259 e. The number of hydrogen-bond donors (Lipinski definition) is 4. The largest absolute Gasteiger partial charge is 0.493 e. The number of fused-ring (bicyclic) bond motifs is 2. The van der Waals surface area contributed by atoms with Crippen LogP contribution in [0.15, 0.2) is 148 Å². The second-order valence-electron chi connectivity index (χ2n) is 15.1. The van der Waals surface area contributed by atoms with E-state index >= 15 is 0 Å². The molecule has 358 valence electrons. The molecule has 0 saturated heterocycles. The molecule has 0 radical (unpaired) electrons. The third-order valence-corrected chi connectivity index (χ3v) is 10.8. The Morgan fingerprint density at radius 1 is 0.586 bits per heavy atom. The summed E-state index contributed by atoms with van der Waals surface area (Å²) in [5.74, 6) is 4.21. The monoisotopic (exact) mass is 964 g/mol. The number of nitrogen functional groups attached to an aromatic ring is 2. The minimum atomic E-state index is -3.57. The van der Waals surface area contributed by atoms with E-state index < -0.39 is 15.0 Å². The fraction of sp³-hybridized carbons (Fsp3) is 0.191. The quantitative estimate of drug-likeness (QED) is 0.0933. The van der Waals surface area contributed by atoms with E-state index in [1.807, 2.05) is 72.8 Å². The fourth-order valence-electron chi connectivity index (χ4n) is 6.49. The van der Waals surface area contributed by atoms with Gasteiger partial charge < -0.3 is 40.8 Å². The third-order valence-electron chi connectivity index (χ3n) is 9.94. The van der Waals surface area contributed by atoms with Crippen LogP contribution in [-0.2, 0) is 35.5 Å². The lowest BCUT2D eigenvalue weighted by Gasteiger charge is -2.08. The Labute approximate surface area is 401 Å². The van der Waals surface area contributed by atoms with Gasteiger partial charge in [0.25, 0.3) is 16.7 Å². The smallest absolute Gasteiger partial charge is 0.259 e. The van der Waals surface area contributed by atoms with Crippen molar-refractivity contribution in [1.82, 2.24) is 59.1 Å². The zero-order chi connectivity index (χ0) is 48.7. The third kappa shape index (κ3) is 13.0. The first-order chi connectivity index (χ1) is 34.1. The average Bonchev–Trinajstić information content (AvgIpc) is 4.22. The molecule has 0 unspecified atom stereocenters. The number of rotatable bonds is 17. The Bertz CT molecular complexity index is 3300. The van der Waals surface area contributed by atoms with E-state index in [1.165, 1.54) is 16.3 Å². The van der Waals surface area contributed by atoms with E-state index in [0.29, 0.717) is 55.4 Å². The normalized spacial score (nSPS) is 11.1. The fourth-order valence-corrected chi connectivity index (χ4v) is 6.99. The number of furan rings is 2. The van der Waals surface area contributed by atoms with Crippen LogP contribution in [0.4, 0.5) is 17.8 Å². The lowest BCUT2D eigenvalue weighted by atomic mass is 10.1. The van der Waals surface area contributed by atoms with Crippen LogP contribution in [0.2, 0.25) is 0 Å². The highest BCUT2D eigenvalue weighted by molar-refractivity contribution is 7.90. The van der Waals surface area contributed by atoms with Crippen LogP contribution >= 0.6 is 0 Å². The van der Waals surface area contributed by atoms with Gasteiger partial charge in [-0.1, -0.05) is 36.4 Å². The first-order valence-electron chi connectivity index (χ1n) is 21.8. The van der Waals surface area contributed by atoms with Gasteiger partial charge in [-0.05, 0) is 103 Å². The summed E-state index contributed by atoms with van der Waals surface area (Å²) in [6.45, 7) is 2.55. The zero-order valence-electron chi connectivity index (χ0n) is 37.8. The van der Waals surface area contributed by atoms with E-state index in [4.69, 9.17) is 35.5 Å². The van der Waals surface area contributed by atoms with Gasteiger partial charge in [-0.3, -0.25) is 9.97 Å². The molecule has 0 atom stereocenters. The van der Waals surface area contributed by atoms with Crippen molar-refractivity contribution in [2.24, 2.45) is 5.73 Å². The molecule has 23 heteroatoms. The highest BCUT2D eigenvalue weighted by Gasteiger charge is 2.19. The van der Waals surface area contributed by atoms with E-state index in [-0.39, 0.29) is 23.5 Å². The van der Waals surface area contributed by atoms with Gasteiger partial charge in [0.05, 0.1) is 25.7 Å². The molecule has 0 aliphatic heterocycles. The van der Waals surface area contributed by atoms with Gasteiger partial charge in [-0.15, -0.1) is 10.2 Å². The minimum absolute atomic E-state index is 0.0410. The molecule has 0 aliphatic rings. The molecule has 0 spiro atoms. The summed E-state index contributed by atoms with van der Waals surface area (Å²) >= 11 is 0. The van der Waals surface area contributed by atoms with Crippen LogP contribution in [0, 0.1) is 0 Å². The van der Waals surface area contributed by atoms with E-state index in [2.05, 4.69) is 67.5 Å². The maximum atomic E-state index is 11.4. The van der Waals surface area contributed by atoms with Crippen molar-refractivity contribution >= 4 is 39.2 Å². The summed E-state index contributed by atoms with van der Waals surface area (Å²) in [6, 6.07) is 34.8. The molecule has 0 fully saturated rings. The molecule has 7 N–H and O–H groups in total. The van der Waals surface area contributed by atoms with Crippen molar-refractivity contribution in [3.8, 4) is 34.7 Å². The summed E-state index contributed by atoms with van der Waals surface area (Å²) in [5, 5.41) is 11.1. The van der Waals surface area contributed by atoms with Crippen LogP contribution in [0.1, 0.15) is 22.5 Å². The van der Waals surface area contributed by atoms with Gasteiger partial charge >= 0.3 is 0 Å². The Kier molecular flexibility index (Phi) is 15.5. The predicted octanol–water partition coefficient (Wildman–Crippen LogP) is 5.00. The molecule has 8 heterocycles.